The largest absolute Gasteiger partial charge is 0.423 e. The quantitative estimate of drug-likeness (QED) is 0.208. The average molecular weight is 487 g/mol. The zero-order valence-electron chi connectivity index (χ0n) is 21.7. The normalized spacial score (nSPS) is 31.3. The predicted octanol–water partition coefficient (Wildman–Crippen LogP) is 8.82. The molecule has 0 aliphatic heterocycles. The smallest absolute Gasteiger partial charge is 0.314 e. The summed E-state index contributed by atoms with van der Waals surface area (Å²) in [6.45, 7) is 4.20. The minimum Gasteiger partial charge on any atom is -0.423 e. The van der Waals surface area contributed by atoms with Gasteiger partial charge in [-0.1, -0.05) is 63.7 Å². The number of carbonyl (C=O) groups is 1. The van der Waals surface area contributed by atoms with Crippen LogP contribution >= 0.6 is 0 Å². The summed E-state index contributed by atoms with van der Waals surface area (Å²) in [4.78, 5) is 13.1. The minimum absolute atomic E-state index is 0.188. The predicted molar refractivity (Wildman–Crippen MR) is 137 cm³/mol. The van der Waals surface area contributed by atoms with Crippen molar-refractivity contribution in [1.82, 2.24) is 0 Å². The van der Waals surface area contributed by atoms with E-state index in [2.05, 4.69) is 6.92 Å². The van der Waals surface area contributed by atoms with Crippen molar-refractivity contribution < 1.29 is 18.3 Å². The van der Waals surface area contributed by atoms with E-state index >= 15 is 0 Å². The summed E-state index contributed by atoms with van der Waals surface area (Å²) in [5.74, 6) is 0.762. The van der Waals surface area contributed by atoms with Gasteiger partial charge in [0.25, 0.3) is 0 Å². The molecule has 194 valence electrons. The Morgan fingerprint density at radius 1 is 0.971 bits per heavy atom. The van der Waals surface area contributed by atoms with Gasteiger partial charge in [-0.3, -0.25) is 4.79 Å². The van der Waals surface area contributed by atoms with Gasteiger partial charge in [0.05, 0.1) is 5.92 Å². The third-order valence-corrected chi connectivity index (χ3v) is 9.40. The van der Waals surface area contributed by atoms with Gasteiger partial charge in [-0.2, -0.15) is 4.39 Å². The molecule has 0 saturated heterocycles. The number of ether oxygens (including phenoxy) is 1. The van der Waals surface area contributed by atoms with Crippen LogP contribution in [0.1, 0.15) is 103 Å². The van der Waals surface area contributed by atoms with Crippen LogP contribution in [0, 0.1) is 47.1 Å². The Balaban J connectivity index is 1.34. The summed E-state index contributed by atoms with van der Waals surface area (Å²) in [6, 6.07) is 2.97. The van der Waals surface area contributed by atoms with Gasteiger partial charge in [0.2, 0.25) is 5.82 Å². The van der Waals surface area contributed by atoms with E-state index in [1.54, 1.807) is 6.07 Å². The van der Waals surface area contributed by atoms with Gasteiger partial charge in [0.1, 0.15) is 0 Å². The highest BCUT2D eigenvalue weighted by atomic mass is 19.2. The van der Waals surface area contributed by atoms with Crippen molar-refractivity contribution in [1.29, 1.82) is 0 Å². The number of carbonyl (C=O) groups excluding carboxylic acids is 1. The number of halogens is 2. The highest BCUT2D eigenvalue weighted by Crippen LogP contribution is 2.50. The summed E-state index contributed by atoms with van der Waals surface area (Å²) in [5.41, 5.74) is 0.320. The van der Waals surface area contributed by atoms with E-state index in [9.17, 15) is 13.6 Å². The summed E-state index contributed by atoms with van der Waals surface area (Å²) in [5, 5.41) is 0. The third-order valence-electron chi connectivity index (χ3n) is 9.40. The van der Waals surface area contributed by atoms with E-state index in [4.69, 9.17) is 4.74 Å². The fourth-order valence-corrected chi connectivity index (χ4v) is 7.51. The fraction of sp³-hybridized carbons (Fsp3) is 0.710. The molecule has 3 fully saturated rings. The molecule has 0 radical (unpaired) electrons. The number of fused-ring (bicyclic) bond motifs is 1. The second-order valence-corrected chi connectivity index (χ2v) is 11.5. The summed E-state index contributed by atoms with van der Waals surface area (Å²) < 4.78 is 34.7. The third kappa shape index (κ3) is 6.35. The lowest BCUT2D eigenvalue weighted by molar-refractivity contribution is -0.144. The Labute approximate surface area is 210 Å². The lowest BCUT2D eigenvalue weighted by Crippen LogP contribution is -2.40. The van der Waals surface area contributed by atoms with Crippen LogP contribution in [-0.4, -0.2) is 5.97 Å². The fourth-order valence-electron chi connectivity index (χ4n) is 7.51. The van der Waals surface area contributed by atoms with Crippen LogP contribution in [-0.2, 0) is 11.2 Å². The van der Waals surface area contributed by atoms with Crippen LogP contribution in [0.4, 0.5) is 8.78 Å². The Bertz CT molecular complexity index is 871. The van der Waals surface area contributed by atoms with Crippen LogP contribution in [0.2, 0.25) is 0 Å². The van der Waals surface area contributed by atoms with Gasteiger partial charge in [-0.05, 0) is 99.5 Å². The standard InChI is InChI=1S/C31H44F2O2/c1-3-5-6-9-23-17-19-28(30(33)29(23)32)35-31(34)27-11-7-10-25-20-24(16-18-26(25)27)22-14-12-21(8-4-2)13-15-22/h3,5,17,19,21-22,24-27H,4,6-16,18,20H2,1-2H3/b5-3+. The van der Waals surface area contributed by atoms with Crippen molar-refractivity contribution in [2.45, 2.75) is 104 Å². The topological polar surface area (TPSA) is 26.3 Å². The van der Waals surface area contributed by atoms with E-state index in [1.807, 2.05) is 19.1 Å². The number of hydrogen-bond acceptors (Lipinski definition) is 2. The molecule has 0 N–H and O–H groups in total. The van der Waals surface area contributed by atoms with Crippen LogP contribution in [0.25, 0.3) is 0 Å². The number of allylic oxidation sites excluding steroid dienone is 2. The zero-order valence-corrected chi connectivity index (χ0v) is 21.7. The summed E-state index contributed by atoms with van der Waals surface area (Å²) in [7, 11) is 0. The van der Waals surface area contributed by atoms with Crippen LogP contribution in [0.3, 0.4) is 0 Å². The number of hydrogen-bond donors (Lipinski definition) is 0. The number of aryl methyl sites for hydroxylation is 1. The van der Waals surface area contributed by atoms with Crippen molar-refractivity contribution in [3.05, 3.63) is 41.5 Å². The molecule has 0 amide bonds. The maximum absolute atomic E-state index is 14.7. The van der Waals surface area contributed by atoms with Crippen LogP contribution in [0.15, 0.2) is 24.3 Å². The molecule has 0 spiro atoms. The molecule has 2 nitrogen and oxygen atoms in total. The van der Waals surface area contributed by atoms with Gasteiger partial charge in [0, 0.05) is 0 Å². The van der Waals surface area contributed by atoms with Crippen molar-refractivity contribution in [2.75, 3.05) is 0 Å². The maximum atomic E-state index is 14.7. The molecule has 1 aromatic carbocycles. The molecule has 0 bridgehead atoms. The van der Waals surface area contributed by atoms with Gasteiger partial charge in [-0.15, -0.1) is 0 Å². The average Bonchev–Trinajstić information content (AvgIpc) is 2.88. The Morgan fingerprint density at radius 3 is 2.49 bits per heavy atom. The Hall–Kier alpha value is -1.71. The number of rotatable bonds is 8. The van der Waals surface area contributed by atoms with Gasteiger partial charge in [0.15, 0.2) is 11.6 Å². The zero-order chi connectivity index (χ0) is 24.8. The van der Waals surface area contributed by atoms with Gasteiger partial charge >= 0.3 is 5.97 Å². The van der Waals surface area contributed by atoms with E-state index in [0.29, 0.717) is 30.2 Å². The molecule has 4 unspecified atom stereocenters. The second kappa shape index (κ2) is 12.5. The first-order chi connectivity index (χ1) is 17.0. The molecular weight excluding hydrogens is 442 g/mol. The molecule has 3 aliphatic carbocycles. The molecule has 4 atom stereocenters. The van der Waals surface area contributed by atoms with Crippen LogP contribution < -0.4 is 4.74 Å². The molecule has 4 rings (SSSR count). The van der Waals surface area contributed by atoms with E-state index in [0.717, 1.165) is 37.0 Å². The first-order valence-corrected chi connectivity index (χ1v) is 14.3. The van der Waals surface area contributed by atoms with Crippen molar-refractivity contribution >= 4 is 5.97 Å². The van der Waals surface area contributed by atoms with Gasteiger partial charge in [-0.25, -0.2) is 4.39 Å². The summed E-state index contributed by atoms with van der Waals surface area (Å²) >= 11 is 0. The van der Waals surface area contributed by atoms with Crippen molar-refractivity contribution in [3.63, 3.8) is 0 Å². The van der Waals surface area contributed by atoms with E-state index in [-0.39, 0.29) is 17.6 Å². The maximum Gasteiger partial charge on any atom is 0.314 e. The lowest BCUT2D eigenvalue weighted by Gasteiger charge is -2.46. The molecule has 0 heterocycles. The number of esters is 1. The molecule has 35 heavy (non-hydrogen) atoms. The molecule has 3 saturated carbocycles. The second-order valence-electron chi connectivity index (χ2n) is 11.5. The van der Waals surface area contributed by atoms with E-state index < -0.39 is 11.6 Å². The molecule has 1 aromatic rings. The highest BCUT2D eigenvalue weighted by molar-refractivity contribution is 5.75. The SMILES string of the molecule is C/C=C/CCc1ccc(OC(=O)C2CCCC3CC(C4CCC(CCC)CC4)CCC32)c(F)c1F. The molecular formula is C31H44F2O2. The Kier molecular flexibility index (Phi) is 9.41. The molecule has 0 aromatic heterocycles. The lowest BCUT2D eigenvalue weighted by atomic mass is 9.59. The van der Waals surface area contributed by atoms with Gasteiger partial charge < -0.3 is 4.74 Å². The van der Waals surface area contributed by atoms with E-state index in [1.165, 1.54) is 63.9 Å². The van der Waals surface area contributed by atoms with Crippen molar-refractivity contribution in [2.24, 2.45) is 35.5 Å². The minimum atomic E-state index is -1.04. The number of benzene rings is 1. The Morgan fingerprint density at radius 2 is 1.74 bits per heavy atom. The molecule has 4 heteroatoms. The molecule has 3 aliphatic rings. The first-order valence-electron chi connectivity index (χ1n) is 14.3. The summed E-state index contributed by atoms with van der Waals surface area (Å²) in [6.07, 6.45) is 19.7. The highest BCUT2D eigenvalue weighted by Gasteiger charge is 2.43. The van der Waals surface area contributed by atoms with Crippen molar-refractivity contribution in [3.8, 4) is 5.75 Å². The first kappa shape index (κ1) is 26.4. The van der Waals surface area contributed by atoms with Crippen LogP contribution in [0.5, 0.6) is 5.75 Å². The monoisotopic (exact) mass is 486 g/mol.